The SMILES string of the molecule is CNC(C(=O)Nc1ccc(OC(C)C)c(Cl)c1)c1cnn(C)c1. The zero-order chi connectivity index (χ0) is 17.0. The molecule has 1 heterocycles. The molecule has 0 fully saturated rings. The van der Waals surface area contributed by atoms with Gasteiger partial charge in [-0.15, -0.1) is 0 Å². The molecule has 1 aromatic heterocycles. The molecule has 0 spiro atoms. The normalized spacial score (nSPS) is 12.3. The van der Waals surface area contributed by atoms with Gasteiger partial charge in [0.25, 0.3) is 0 Å². The standard InChI is InChI=1S/C16H21ClN4O2/c1-10(2)23-14-6-5-12(7-13(14)17)20-16(22)15(18-3)11-8-19-21(4)9-11/h5-10,15,18H,1-4H3,(H,20,22). The van der Waals surface area contributed by atoms with Crippen molar-refractivity contribution in [1.82, 2.24) is 15.1 Å². The van der Waals surface area contributed by atoms with Crippen molar-refractivity contribution >= 4 is 23.2 Å². The number of aryl methyl sites for hydroxylation is 1. The van der Waals surface area contributed by atoms with Crippen LogP contribution < -0.4 is 15.4 Å². The minimum Gasteiger partial charge on any atom is -0.489 e. The number of likely N-dealkylation sites (N-methyl/N-ethyl adjacent to an activating group) is 1. The number of amides is 1. The van der Waals surface area contributed by atoms with Crippen LogP contribution in [0.4, 0.5) is 5.69 Å². The fourth-order valence-electron chi connectivity index (χ4n) is 2.18. The minimum absolute atomic E-state index is 0.0344. The molecule has 0 bridgehead atoms. The number of carbonyl (C=O) groups excluding carboxylic acids is 1. The molecule has 23 heavy (non-hydrogen) atoms. The Morgan fingerprint density at radius 1 is 1.39 bits per heavy atom. The van der Waals surface area contributed by atoms with E-state index in [1.54, 1.807) is 49.4 Å². The van der Waals surface area contributed by atoms with Gasteiger partial charge in [0.2, 0.25) is 5.91 Å². The van der Waals surface area contributed by atoms with Crippen molar-refractivity contribution in [3.63, 3.8) is 0 Å². The Hall–Kier alpha value is -2.05. The van der Waals surface area contributed by atoms with E-state index in [-0.39, 0.29) is 12.0 Å². The maximum absolute atomic E-state index is 12.4. The second-order valence-corrected chi connectivity index (χ2v) is 5.88. The molecule has 1 atom stereocenters. The zero-order valence-corrected chi connectivity index (χ0v) is 14.4. The van der Waals surface area contributed by atoms with Crippen LogP contribution in [0.25, 0.3) is 0 Å². The molecule has 2 rings (SSSR count). The van der Waals surface area contributed by atoms with Crippen molar-refractivity contribution in [2.45, 2.75) is 26.0 Å². The highest BCUT2D eigenvalue weighted by Crippen LogP contribution is 2.29. The third kappa shape index (κ3) is 4.46. The second-order valence-electron chi connectivity index (χ2n) is 5.47. The average molecular weight is 337 g/mol. The van der Waals surface area contributed by atoms with E-state index in [0.717, 1.165) is 5.56 Å². The average Bonchev–Trinajstić information content (AvgIpc) is 2.88. The summed E-state index contributed by atoms with van der Waals surface area (Å²) in [5, 5.41) is 10.4. The number of benzene rings is 1. The highest BCUT2D eigenvalue weighted by atomic mass is 35.5. The third-order valence-electron chi connectivity index (χ3n) is 3.17. The summed E-state index contributed by atoms with van der Waals surface area (Å²) in [7, 11) is 3.53. The molecule has 0 saturated heterocycles. The number of nitrogens with zero attached hydrogens (tertiary/aromatic N) is 2. The van der Waals surface area contributed by atoms with Gasteiger partial charge in [0.1, 0.15) is 11.8 Å². The summed E-state index contributed by atoms with van der Waals surface area (Å²) in [5.74, 6) is 0.409. The van der Waals surface area contributed by atoms with Gasteiger partial charge in [-0.05, 0) is 39.1 Å². The Morgan fingerprint density at radius 3 is 2.65 bits per heavy atom. The monoisotopic (exact) mass is 336 g/mol. The summed E-state index contributed by atoms with van der Waals surface area (Å²) in [6.07, 6.45) is 3.49. The molecule has 7 heteroatoms. The molecule has 0 aliphatic rings. The fraction of sp³-hybridized carbons (Fsp3) is 0.375. The Bertz CT molecular complexity index is 684. The van der Waals surface area contributed by atoms with Gasteiger partial charge in [0, 0.05) is 24.5 Å². The molecule has 124 valence electrons. The van der Waals surface area contributed by atoms with Crippen LogP contribution in [0.5, 0.6) is 5.75 Å². The van der Waals surface area contributed by atoms with E-state index >= 15 is 0 Å². The van der Waals surface area contributed by atoms with Gasteiger partial charge in [0.15, 0.2) is 0 Å². The zero-order valence-electron chi connectivity index (χ0n) is 13.6. The van der Waals surface area contributed by atoms with Crippen molar-refractivity contribution in [3.05, 3.63) is 41.2 Å². The van der Waals surface area contributed by atoms with E-state index in [4.69, 9.17) is 16.3 Å². The molecule has 0 aliphatic heterocycles. The topological polar surface area (TPSA) is 68.2 Å². The first-order valence-corrected chi connectivity index (χ1v) is 7.71. The molecule has 0 aliphatic carbocycles. The first-order valence-electron chi connectivity index (χ1n) is 7.33. The summed E-state index contributed by atoms with van der Waals surface area (Å²) < 4.78 is 7.23. The number of ether oxygens (including phenoxy) is 1. The largest absolute Gasteiger partial charge is 0.489 e. The van der Waals surface area contributed by atoms with Crippen LogP contribution in [-0.2, 0) is 11.8 Å². The molecule has 2 aromatic rings. The summed E-state index contributed by atoms with van der Waals surface area (Å²) in [6.45, 7) is 3.86. The van der Waals surface area contributed by atoms with Crippen LogP contribution in [-0.4, -0.2) is 28.8 Å². The summed E-state index contributed by atoms with van der Waals surface area (Å²) >= 11 is 6.19. The summed E-state index contributed by atoms with van der Waals surface area (Å²) in [6, 6.07) is 4.69. The molecule has 6 nitrogen and oxygen atoms in total. The first kappa shape index (κ1) is 17.3. The first-order chi connectivity index (χ1) is 10.9. The molecular formula is C16H21ClN4O2. The van der Waals surface area contributed by atoms with Crippen molar-refractivity contribution in [1.29, 1.82) is 0 Å². The Balaban J connectivity index is 2.11. The van der Waals surface area contributed by atoms with Gasteiger partial charge in [-0.1, -0.05) is 11.6 Å². The molecular weight excluding hydrogens is 316 g/mol. The lowest BCUT2D eigenvalue weighted by Gasteiger charge is -2.16. The van der Waals surface area contributed by atoms with Crippen LogP contribution in [0.1, 0.15) is 25.5 Å². The Kier molecular flexibility index (Phi) is 5.63. The van der Waals surface area contributed by atoms with Crippen LogP contribution in [0, 0.1) is 0 Å². The number of hydrogen-bond acceptors (Lipinski definition) is 4. The molecule has 0 saturated carbocycles. The van der Waals surface area contributed by atoms with Crippen molar-refractivity contribution in [3.8, 4) is 5.75 Å². The number of halogens is 1. The summed E-state index contributed by atoms with van der Waals surface area (Å²) in [4.78, 5) is 12.4. The lowest BCUT2D eigenvalue weighted by atomic mass is 10.1. The summed E-state index contributed by atoms with van der Waals surface area (Å²) in [5.41, 5.74) is 1.40. The number of hydrogen-bond donors (Lipinski definition) is 2. The predicted molar refractivity (Wildman–Crippen MR) is 90.9 cm³/mol. The van der Waals surface area contributed by atoms with Gasteiger partial charge in [0.05, 0.1) is 17.3 Å². The highest BCUT2D eigenvalue weighted by molar-refractivity contribution is 6.32. The van der Waals surface area contributed by atoms with Crippen molar-refractivity contribution in [2.24, 2.45) is 7.05 Å². The van der Waals surface area contributed by atoms with E-state index in [0.29, 0.717) is 16.5 Å². The maximum Gasteiger partial charge on any atom is 0.246 e. The minimum atomic E-state index is -0.492. The van der Waals surface area contributed by atoms with Crippen molar-refractivity contribution in [2.75, 3.05) is 12.4 Å². The molecule has 1 amide bonds. The van der Waals surface area contributed by atoms with Crippen LogP contribution in [0.2, 0.25) is 5.02 Å². The van der Waals surface area contributed by atoms with Crippen molar-refractivity contribution < 1.29 is 9.53 Å². The quantitative estimate of drug-likeness (QED) is 0.851. The number of anilines is 1. The van der Waals surface area contributed by atoms with Crippen LogP contribution in [0.15, 0.2) is 30.6 Å². The van der Waals surface area contributed by atoms with Crippen LogP contribution >= 0.6 is 11.6 Å². The molecule has 2 N–H and O–H groups in total. The van der Waals surface area contributed by atoms with Gasteiger partial charge < -0.3 is 15.4 Å². The fourth-order valence-corrected chi connectivity index (χ4v) is 2.41. The lowest BCUT2D eigenvalue weighted by molar-refractivity contribution is -0.118. The number of nitrogens with one attached hydrogen (secondary N) is 2. The lowest BCUT2D eigenvalue weighted by Crippen LogP contribution is -2.30. The van der Waals surface area contributed by atoms with Gasteiger partial charge in [-0.25, -0.2) is 0 Å². The molecule has 1 unspecified atom stereocenters. The van der Waals surface area contributed by atoms with E-state index in [1.165, 1.54) is 0 Å². The number of carbonyl (C=O) groups is 1. The van der Waals surface area contributed by atoms with E-state index < -0.39 is 6.04 Å². The second kappa shape index (κ2) is 7.48. The van der Waals surface area contributed by atoms with E-state index in [9.17, 15) is 4.79 Å². The third-order valence-corrected chi connectivity index (χ3v) is 3.47. The Labute approximate surface area is 140 Å². The predicted octanol–water partition coefficient (Wildman–Crippen LogP) is 2.76. The van der Waals surface area contributed by atoms with Gasteiger partial charge in [-0.2, -0.15) is 5.10 Å². The van der Waals surface area contributed by atoms with Gasteiger partial charge >= 0.3 is 0 Å². The van der Waals surface area contributed by atoms with Gasteiger partial charge in [-0.3, -0.25) is 9.48 Å². The number of aromatic nitrogens is 2. The Morgan fingerprint density at radius 2 is 2.13 bits per heavy atom. The molecule has 1 aromatic carbocycles. The smallest absolute Gasteiger partial charge is 0.246 e. The van der Waals surface area contributed by atoms with E-state index in [2.05, 4.69) is 15.7 Å². The number of rotatable bonds is 6. The van der Waals surface area contributed by atoms with E-state index in [1.807, 2.05) is 13.8 Å². The molecule has 0 radical (unpaired) electrons. The maximum atomic E-state index is 12.4. The highest BCUT2D eigenvalue weighted by Gasteiger charge is 2.20. The van der Waals surface area contributed by atoms with Crippen LogP contribution in [0.3, 0.4) is 0 Å².